The third kappa shape index (κ3) is 5.81. The number of rotatable bonds is 8. The number of amides is 1. The van der Waals surface area contributed by atoms with Gasteiger partial charge in [0.2, 0.25) is 11.7 Å². The predicted octanol–water partition coefficient (Wildman–Crippen LogP) is 2.74. The molecule has 0 radical (unpaired) electrons. The first-order chi connectivity index (χ1) is 12.8. The fourth-order valence-corrected chi connectivity index (χ4v) is 2.82. The van der Waals surface area contributed by atoms with Crippen molar-refractivity contribution in [1.29, 1.82) is 0 Å². The average Bonchev–Trinajstić information content (AvgIpc) is 2.96. The van der Waals surface area contributed by atoms with E-state index < -0.39 is 12.0 Å². The van der Waals surface area contributed by atoms with Crippen LogP contribution >= 0.6 is 0 Å². The molecule has 2 aromatic rings. The molecule has 0 fully saturated rings. The van der Waals surface area contributed by atoms with Crippen LogP contribution < -0.4 is 5.32 Å². The van der Waals surface area contributed by atoms with E-state index in [0.717, 1.165) is 17.0 Å². The summed E-state index contributed by atoms with van der Waals surface area (Å²) in [6, 6.07) is 10.2. The highest BCUT2D eigenvalue weighted by Gasteiger charge is 2.26. The second-order valence-corrected chi connectivity index (χ2v) is 6.97. The van der Waals surface area contributed by atoms with E-state index in [-0.39, 0.29) is 30.6 Å². The summed E-state index contributed by atoms with van der Waals surface area (Å²) in [5.74, 6) is -1.31. The van der Waals surface area contributed by atoms with Crippen molar-refractivity contribution in [2.75, 3.05) is 6.61 Å². The van der Waals surface area contributed by atoms with Gasteiger partial charge in [-0.15, -0.1) is 0 Å². The first-order valence-electron chi connectivity index (χ1n) is 8.97. The number of ether oxygens (including phenoxy) is 1. The van der Waals surface area contributed by atoms with Crippen LogP contribution in [0.2, 0.25) is 0 Å². The first-order valence-corrected chi connectivity index (χ1v) is 8.97. The monoisotopic (exact) mass is 370 g/mol. The zero-order valence-corrected chi connectivity index (χ0v) is 16.2. The molecule has 0 aliphatic heterocycles. The number of aromatic nitrogens is 1. The average molecular weight is 370 g/mol. The van der Waals surface area contributed by atoms with E-state index in [1.807, 2.05) is 51.1 Å². The van der Waals surface area contributed by atoms with Gasteiger partial charge in [0.05, 0.1) is 6.42 Å². The summed E-state index contributed by atoms with van der Waals surface area (Å²) in [5, 5.41) is 2.71. The number of aryl methyl sites for hydroxylation is 2. The van der Waals surface area contributed by atoms with E-state index in [1.165, 1.54) is 0 Å². The molecule has 0 spiro atoms. The minimum absolute atomic E-state index is 0.163. The Hall–Kier alpha value is -2.89. The third-order valence-electron chi connectivity index (χ3n) is 4.24. The summed E-state index contributed by atoms with van der Waals surface area (Å²) in [6.45, 7) is 6.93. The lowest BCUT2D eigenvalue weighted by Crippen LogP contribution is -2.46. The van der Waals surface area contributed by atoms with Crippen LogP contribution in [0.4, 0.5) is 0 Å². The smallest absolute Gasteiger partial charge is 0.329 e. The molecule has 1 aromatic carbocycles. The summed E-state index contributed by atoms with van der Waals surface area (Å²) >= 11 is 0. The van der Waals surface area contributed by atoms with Gasteiger partial charge in [0.25, 0.3) is 0 Å². The van der Waals surface area contributed by atoms with Crippen LogP contribution in [0, 0.1) is 19.8 Å². The van der Waals surface area contributed by atoms with Crippen LogP contribution in [0.3, 0.4) is 0 Å². The Kier molecular flexibility index (Phi) is 6.93. The molecule has 2 rings (SSSR count). The third-order valence-corrected chi connectivity index (χ3v) is 4.24. The molecule has 0 unspecified atom stereocenters. The Bertz CT molecular complexity index is 809. The zero-order chi connectivity index (χ0) is 20.0. The predicted molar refractivity (Wildman–Crippen MR) is 102 cm³/mol. The number of esters is 1. The fraction of sp³-hybridized carbons (Fsp3) is 0.381. The van der Waals surface area contributed by atoms with Gasteiger partial charge in [-0.3, -0.25) is 9.59 Å². The van der Waals surface area contributed by atoms with Gasteiger partial charge < -0.3 is 15.0 Å². The number of Topliss-reactive ketones (excluding diaryl/α,β-unsaturated/α-hetero) is 1. The van der Waals surface area contributed by atoms with Crippen molar-refractivity contribution in [3.8, 4) is 0 Å². The Balaban J connectivity index is 1.93. The van der Waals surface area contributed by atoms with Gasteiger partial charge >= 0.3 is 5.97 Å². The number of benzene rings is 1. The quantitative estimate of drug-likeness (QED) is 0.552. The lowest BCUT2D eigenvalue weighted by Gasteiger charge is -2.20. The largest absolute Gasteiger partial charge is 0.456 e. The summed E-state index contributed by atoms with van der Waals surface area (Å²) in [5.41, 5.74) is 2.98. The van der Waals surface area contributed by atoms with Crippen LogP contribution in [0.1, 0.15) is 41.2 Å². The second kappa shape index (κ2) is 9.16. The molecular weight excluding hydrogens is 344 g/mol. The molecule has 6 nitrogen and oxygen atoms in total. The zero-order valence-electron chi connectivity index (χ0n) is 16.2. The minimum Gasteiger partial charge on any atom is -0.456 e. The van der Waals surface area contributed by atoms with Crippen LogP contribution in [0.5, 0.6) is 0 Å². The van der Waals surface area contributed by atoms with Crippen LogP contribution in [0.15, 0.2) is 36.4 Å². The van der Waals surface area contributed by atoms with Gasteiger partial charge in [-0.1, -0.05) is 44.2 Å². The highest BCUT2D eigenvalue weighted by Crippen LogP contribution is 2.11. The van der Waals surface area contributed by atoms with E-state index in [9.17, 15) is 14.4 Å². The van der Waals surface area contributed by atoms with Crippen LogP contribution in [-0.2, 0) is 20.7 Å². The Labute approximate surface area is 159 Å². The number of carbonyl (C=O) groups is 3. The van der Waals surface area contributed by atoms with E-state index in [1.54, 1.807) is 13.0 Å². The fourth-order valence-electron chi connectivity index (χ4n) is 2.82. The van der Waals surface area contributed by atoms with Crippen LogP contribution in [0.25, 0.3) is 0 Å². The molecule has 0 bridgehead atoms. The molecule has 6 heteroatoms. The standard InChI is InChI=1S/C21H26N2O4/c1-13(2)20(23-19(25)11-16-8-6-5-7-9-16)21(26)27-12-18(24)17-10-14(3)22-15(17)4/h5-10,13,20,22H,11-12H2,1-4H3,(H,23,25)/t20-/m0/s1. The molecule has 0 saturated heterocycles. The number of hydrogen-bond acceptors (Lipinski definition) is 4. The lowest BCUT2D eigenvalue weighted by molar-refractivity contribution is -0.148. The first kappa shape index (κ1) is 20.4. The van der Waals surface area contributed by atoms with Crippen molar-refractivity contribution in [2.45, 2.75) is 40.2 Å². The van der Waals surface area contributed by atoms with Gasteiger partial charge in [-0.25, -0.2) is 4.79 Å². The van der Waals surface area contributed by atoms with Crippen molar-refractivity contribution >= 4 is 17.7 Å². The van der Waals surface area contributed by atoms with Crippen LogP contribution in [-0.4, -0.2) is 35.3 Å². The van der Waals surface area contributed by atoms with Crippen molar-refractivity contribution in [1.82, 2.24) is 10.3 Å². The highest BCUT2D eigenvalue weighted by atomic mass is 16.5. The Morgan fingerprint density at radius 1 is 1.11 bits per heavy atom. The molecule has 1 heterocycles. The van der Waals surface area contributed by atoms with E-state index >= 15 is 0 Å². The number of H-pyrrole nitrogens is 1. The van der Waals surface area contributed by atoms with Crippen molar-refractivity contribution < 1.29 is 19.1 Å². The van der Waals surface area contributed by atoms with E-state index in [4.69, 9.17) is 4.74 Å². The van der Waals surface area contributed by atoms with Crippen molar-refractivity contribution in [3.05, 3.63) is 58.9 Å². The highest BCUT2D eigenvalue weighted by molar-refractivity contribution is 5.99. The topological polar surface area (TPSA) is 88.3 Å². The summed E-state index contributed by atoms with van der Waals surface area (Å²) in [4.78, 5) is 40.0. The van der Waals surface area contributed by atoms with E-state index in [0.29, 0.717) is 5.56 Å². The number of aromatic amines is 1. The maximum atomic E-state index is 12.4. The van der Waals surface area contributed by atoms with Gasteiger partial charge in [0.15, 0.2) is 6.61 Å². The maximum Gasteiger partial charge on any atom is 0.329 e. The molecule has 0 aliphatic carbocycles. The molecular formula is C21H26N2O4. The van der Waals surface area contributed by atoms with Crippen molar-refractivity contribution in [3.63, 3.8) is 0 Å². The number of carbonyl (C=O) groups excluding carboxylic acids is 3. The molecule has 1 atom stereocenters. The number of ketones is 1. The molecule has 1 aromatic heterocycles. The molecule has 0 saturated carbocycles. The summed E-state index contributed by atoms with van der Waals surface area (Å²) in [6.07, 6.45) is 0.179. The molecule has 1 amide bonds. The normalized spacial score (nSPS) is 11.9. The van der Waals surface area contributed by atoms with Crippen molar-refractivity contribution in [2.24, 2.45) is 5.92 Å². The molecule has 27 heavy (non-hydrogen) atoms. The molecule has 2 N–H and O–H groups in total. The lowest BCUT2D eigenvalue weighted by atomic mass is 10.0. The van der Waals surface area contributed by atoms with Gasteiger partial charge in [0, 0.05) is 17.0 Å². The Morgan fingerprint density at radius 3 is 2.33 bits per heavy atom. The molecule has 144 valence electrons. The summed E-state index contributed by atoms with van der Waals surface area (Å²) in [7, 11) is 0. The number of nitrogens with one attached hydrogen (secondary N) is 2. The maximum absolute atomic E-state index is 12.4. The second-order valence-electron chi connectivity index (χ2n) is 6.97. The Morgan fingerprint density at radius 2 is 1.78 bits per heavy atom. The van der Waals surface area contributed by atoms with Gasteiger partial charge in [-0.2, -0.15) is 0 Å². The minimum atomic E-state index is -0.803. The molecule has 0 aliphatic rings. The van der Waals surface area contributed by atoms with Gasteiger partial charge in [0.1, 0.15) is 6.04 Å². The van der Waals surface area contributed by atoms with E-state index in [2.05, 4.69) is 10.3 Å². The number of hydrogen-bond donors (Lipinski definition) is 2. The summed E-state index contributed by atoms with van der Waals surface area (Å²) < 4.78 is 5.18. The van der Waals surface area contributed by atoms with Gasteiger partial charge in [-0.05, 0) is 31.4 Å². The SMILES string of the molecule is Cc1cc(C(=O)COC(=O)[C@@H](NC(=O)Cc2ccccc2)C(C)C)c(C)[nH]1.